The van der Waals surface area contributed by atoms with Gasteiger partial charge in [0, 0.05) is 18.0 Å². The molecule has 27 heavy (non-hydrogen) atoms. The zero-order chi connectivity index (χ0) is 18.9. The lowest BCUT2D eigenvalue weighted by Crippen LogP contribution is -2.36. The maximum absolute atomic E-state index is 12.3. The number of hydrogen-bond acceptors (Lipinski definition) is 4. The van der Waals surface area contributed by atoms with Gasteiger partial charge < -0.3 is 20.7 Å². The van der Waals surface area contributed by atoms with Gasteiger partial charge in [0.25, 0.3) is 5.91 Å². The van der Waals surface area contributed by atoms with Gasteiger partial charge in [0.05, 0.1) is 22.9 Å². The molecule has 0 spiro atoms. The fourth-order valence-electron chi connectivity index (χ4n) is 3.25. The second kappa shape index (κ2) is 7.12. The normalized spacial score (nSPS) is 16.6. The van der Waals surface area contributed by atoms with Crippen LogP contribution in [0.15, 0.2) is 42.5 Å². The summed E-state index contributed by atoms with van der Waals surface area (Å²) in [6, 6.07) is 13.6. The molecule has 7 heteroatoms. The summed E-state index contributed by atoms with van der Waals surface area (Å²) < 4.78 is 5.38. The second-order valence-electron chi connectivity index (χ2n) is 6.94. The van der Waals surface area contributed by atoms with Crippen molar-refractivity contribution in [3.05, 3.63) is 53.1 Å². The van der Waals surface area contributed by atoms with Gasteiger partial charge in [0.15, 0.2) is 6.61 Å². The molecule has 2 aliphatic rings. The first-order valence-electron chi connectivity index (χ1n) is 8.88. The summed E-state index contributed by atoms with van der Waals surface area (Å²) in [5.41, 5.74) is 2.47. The van der Waals surface area contributed by atoms with Crippen LogP contribution in [-0.2, 0) is 15.0 Å². The molecule has 140 valence electrons. The van der Waals surface area contributed by atoms with Crippen LogP contribution in [-0.4, -0.2) is 31.5 Å². The van der Waals surface area contributed by atoms with E-state index in [1.807, 2.05) is 18.2 Å². The van der Waals surface area contributed by atoms with Gasteiger partial charge in [-0.05, 0) is 24.5 Å². The summed E-state index contributed by atoms with van der Waals surface area (Å²) in [4.78, 5) is 23.6. The molecule has 1 heterocycles. The molecule has 3 N–H and O–H groups in total. The number of ether oxygens (including phenoxy) is 1. The van der Waals surface area contributed by atoms with E-state index in [2.05, 4.69) is 28.1 Å². The van der Waals surface area contributed by atoms with Gasteiger partial charge >= 0.3 is 0 Å². The molecule has 0 unspecified atom stereocenters. The number of hydrogen-bond donors (Lipinski definition) is 3. The van der Waals surface area contributed by atoms with E-state index in [0.717, 1.165) is 12.8 Å². The van der Waals surface area contributed by atoms with Crippen molar-refractivity contribution < 1.29 is 14.3 Å². The minimum atomic E-state index is -0.217. The highest BCUT2D eigenvalue weighted by Gasteiger charge is 2.44. The summed E-state index contributed by atoms with van der Waals surface area (Å²) >= 11 is 6.23. The second-order valence-corrected chi connectivity index (χ2v) is 7.35. The van der Waals surface area contributed by atoms with Crippen molar-refractivity contribution >= 4 is 34.8 Å². The zero-order valence-corrected chi connectivity index (χ0v) is 15.4. The third-order valence-electron chi connectivity index (χ3n) is 5.01. The zero-order valence-electron chi connectivity index (χ0n) is 14.7. The highest BCUT2D eigenvalue weighted by Crippen LogP contribution is 2.47. The number of nitrogens with one attached hydrogen (secondary N) is 3. The van der Waals surface area contributed by atoms with Gasteiger partial charge in [-0.3, -0.25) is 9.59 Å². The molecule has 1 saturated carbocycles. The first-order chi connectivity index (χ1) is 13.1. The molecule has 0 bridgehead atoms. The summed E-state index contributed by atoms with van der Waals surface area (Å²) in [6.07, 6.45) is 2.18. The predicted octanol–water partition coefficient (Wildman–Crippen LogP) is 2.93. The van der Waals surface area contributed by atoms with Crippen LogP contribution in [0.3, 0.4) is 0 Å². The van der Waals surface area contributed by atoms with Crippen LogP contribution in [0.5, 0.6) is 5.75 Å². The molecule has 0 aromatic heterocycles. The van der Waals surface area contributed by atoms with Crippen LogP contribution >= 0.6 is 11.6 Å². The Bertz CT molecular complexity index is 882. The van der Waals surface area contributed by atoms with Gasteiger partial charge in [-0.1, -0.05) is 41.9 Å². The molecule has 6 nitrogen and oxygen atoms in total. The van der Waals surface area contributed by atoms with Crippen LogP contribution in [0, 0.1) is 0 Å². The minimum Gasteiger partial charge on any atom is -0.482 e. The van der Waals surface area contributed by atoms with E-state index in [-0.39, 0.29) is 30.4 Å². The maximum Gasteiger partial charge on any atom is 0.262 e. The number of fused-ring (bicyclic) bond motifs is 1. The molecule has 2 aromatic rings. The summed E-state index contributed by atoms with van der Waals surface area (Å²) in [6.45, 7) is 0.705. The van der Waals surface area contributed by atoms with Crippen LogP contribution in [0.1, 0.15) is 18.4 Å². The third-order valence-corrected chi connectivity index (χ3v) is 5.32. The van der Waals surface area contributed by atoms with Gasteiger partial charge in [-0.15, -0.1) is 0 Å². The topological polar surface area (TPSA) is 79.5 Å². The summed E-state index contributed by atoms with van der Waals surface area (Å²) in [7, 11) is 0. The largest absolute Gasteiger partial charge is 0.482 e. The first kappa shape index (κ1) is 17.7. The van der Waals surface area contributed by atoms with Crippen LogP contribution in [0.25, 0.3) is 0 Å². The standard InChI is InChI=1S/C20H20ClN3O3/c21-14-8-16-17(27-11-19(26)24-16)9-15(14)22-10-18(25)23-12-20(6-7-20)13-4-2-1-3-5-13/h1-5,8-9,22H,6-7,10-12H2,(H,23,25)(H,24,26). The summed E-state index contributed by atoms with van der Waals surface area (Å²) in [5.74, 6) is 0.217. The van der Waals surface area contributed by atoms with Crippen molar-refractivity contribution in [2.24, 2.45) is 0 Å². The van der Waals surface area contributed by atoms with Crippen molar-refractivity contribution in [1.29, 1.82) is 0 Å². The van der Waals surface area contributed by atoms with E-state index >= 15 is 0 Å². The van der Waals surface area contributed by atoms with Gasteiger partial charge in [0.2, 0.25) is 5.91 Å². The Morgan fingerprint density at radius 1 is 1.22 bits per heavy atom. The number of carbonyl (C=O) groups is 2. The average molecular weight is 386 g/mol. The number of amides is 2. The Morgan fingerprint density at radius 3 is 2.74 bits per heavy atom. The van der Waals surface area contributed by atoms with Gasteiger partial charge in [-0.2, -0.15) is 0 Å². The van der Waals surface area contributed by atoms with Gasteiger partial charge in [0.1, 0.15) is 5.75 Å². The van der Waals surface area contributed by atoms with Crippen LogP contribution in [0.2, 0.25) is 5.02 Å². The lowest BCUT2D eigenvalue weighted by molar-refractivity contribution is -0.119. The minimum absolute atomic E-state index is 0.0316. The average Bonchev–Trinajstić information content (AvgIpc) is 3.47. The molecule has 1 fully saturated rings. The van der Waals surface area contributed by atoms with Crippen molar-refractivity contribution in [3.63, 3.8) is 0 Å². The van der Waals surface area contributed by atoms with Crippen molar-refractivity contribution in [2.45, 2.75) is 18.3 Å². The number of halogens is 1. The highest BCUT2D eigenvalue weighted by molar-refractivity contribution is 6.33. The van der Waals surface area contributed by atoms with Gasteiger partial charge in [-0.25, -0.2) is 0 Å². The third kappa shape index (κ3) is 3.85. The molecule has 1 aliphatic carbocycles. The highest BCUT2D eigenvalue weighted by atomic mass is 35.5. The van der Waals surface area contributed by atoms with E-state index in [1.165, 1.54) is 5.56 Å². The first-order valence-corrected chi connectivity index (χ1v) is 9.26. The van der Waals surface area contributed by atoms with E-state index in [9.17, 15) is 9.59 Å². The molecular weight excluding hydrogens is 366 g/mol. The maximum atomic E-state index is 12.3. The van der Waals surface area contributed by atoms with E-state index in [1.54, 1.807) is 12.1 Å². The number of rotatable bonds is 6. The van der Waals surface area contributed by atoms with E-state index < -0.39 is 0 Å². The Kier molecular flexibility index (Phi) is 4.66. The van der Waals surface area contributed by atoms with Crippen molar-refractivity contribution in [3.8, 4) is 5.75 Å². The van der Waals surface area contributed by atoms with Crippen LogP contribution < -0.4 is 20.7 Å². The quantitative estimate of drug-likeness (QED) is 0.714. The van der Waals surface area contributed by atoms with Crippen molar-refractivity contribution in [1.82, 2.24) is 5.32 Å². The molecule has 2 aromatic carbocycles. The Labute approximate surface area is 162 Å². The molecule has 1 aliphatic heterocycles. The Hall–Kier alpha value is -2.73. The molecule has 0 radical (unpaired) electrons. The molecule has 4 rings (SSSR count). The summed E-state index contributed by atoms with van der Waals surface area (Å²) in [5, 5.41) is 9.15. The van der Waals surface area contributed by atoms with Crippen molar-refractivity contribution in [2.75, 3.05) is 30.3 Å². The van der Waals surface area contributed by atoms with Crippen LogP contribution in [0.4, 0.5) is 11.4 Å². The number of carbonyl (C=O) groups excluding carboxylic acids is 2. The lowest BCUT2D eigenvalue weighted by Gasteiger charge is -2.20. The Morgan fingerprint density at radius 2 is 2.00 bits per heavy atom. The van der Waals surface area contributed by atoms with E-state index in [0.29, 0.717) is 28.7 Å². The fraction of sp³-hybridized carbons (Fsp3) is 0.300. The van der Waals surface area contributed by atoms with E-state index in [4.69, 9.17) is 16.3 Å². The predicted molar refractivity (Wildman–Crippen MR) is 104 cm³/mol. The Balaban J connectivity index is 1.33. The fourth-order valence-corrected chi connectivity index (χ4v) is 3.48. The lowest BCUT2D eigenvalue weighted by atomic mass is 9.96. The number of benzene rings is 2. The molecular formula is C20H20ClN3O3. The number of anilines is 2. The smallest absolute Gasteiger partial charge is 0.262 e. The SMILES string of the molecule is O=C(CNc1cc2c(cc1Cl)NC(=O)CO2)NCC1(c2ccccc2)CC1. The molecule has 0 saturated heterocycles. The monoisotopic (exact) mass is 385 g/mol. The molecule has 0 atom stereocenters. The molecule has 2 amide bonds.